The lowest BCUT2D eigenvalue weighted by molar-refractivity contribution is -0.110. The molecule has 0 saturated heterocycles. The van der Waals surface area contributed by atoms with Gasteiger partial charge < -0.3 is 5.32 Å². The third-order valence-electron chi connectivity index (χ3n) is 2.34. The lowest BCUT2D eigenvalue weighted by Crippen LogP contribution is -2.38. The zero-order valence-corrected chi connectivity index (χ0v) is 7.29. The predicted molar refractivity (Wildman–Crippen MR) is 50.1 cm³/mol. The molecule has 1 aromatic carbocycles. The Kier molecular flexibility index (Phi) is 2.27. The molecular formula is C10H12N2O. The number of benzene rings is 1. The van der Waals surface area contributed by atoms with Crippen molar-refractivity contribution in [1.82, 2.24) is 10.6 Å². The molecule has 1 aliphatic rings. The van der Waals surface area contributed by atoms with Gasteiger partial charge in [-0.25, -0.2) is 0 Å². The van der Waals surface area contributed by atoms with Gasteiger partial charge in [0.2, 0.25) is 6.41 Å². The highest BCUT2D eigenvalue weighted by Gasteiger charge is 2.17. The maximum absolute atomic E-state index is 10.3. The molecule has 68 valence electrons. The molecule has 2 rings (SSSR count). The smallest absolute Gasteiger partial charge is 0.208 e. The van der Waals surface area contributed by atoms with Crippen LogP contribution in [-0.4, -0.2) is 13.0 Å². The fourth-order valence-corrected chi connectivity index (χ4v) is 1.72. The molecule has 0 aliphatic carbocycles. The van der Waals surface area contributed by atoms with E-state index in [1.165, 1.54) is 11.1 Å². The van der Waals surface area contributed by atoms with Gasteiger partial charge in [-0.2, -0.15) is 0 Å². The van der Waals surface area contributed by atoms with Gasteiger partial charge in [-0.1, -0.05) is 24.3 Å². The highest BCUT2D eigenvalue weighted by molar-refractivity contribution is 5.48. The summed E-state index contributed by atoms with van der Waals surface area (Å²) >= 11 is 0. The van der Waals surface area contributed by atoms with E-state index in [1.807, 2.05) is 18.2 Å². The van der Waals surface area contributed by atoms with Crippen molar-refractivity contribution >= 4 is 6.41 Å². The Morgan fingerprint density at radius 1 is 1.46 bits per heavy atom. The highest BCUT2D eigenvalue weighted by Crippen LogP contribution is 2.19. The van der Waals surface area contributed by atoms with Crippen LogP contribution in [0, 0.1) is 0 Å². The van der Waals surface area contributed by atoms with Crippen molar-refractivity contribution in [2.75, 3.05) is 6.54 Å². The van der Waals surface area contributed by atoms with Crippen molar-refractivity contribution in [2.45, 2.75) is 12.6 Å². The second kappa shape index (κ2) is 3.58. The molecule has 1 heterocycles. The average Bonchev–Trinajstić information content (AvgIpc) is 2.19. The minimum Gasteiger partial charge on any atom is -0.339 e. The Morgan fingerprint density at radius 3 is 3.15 bits per heavy atom. The van der Waals surface area contributed by atoms with E-state index in [-0.39, 0.29) is 6.17 Å². The van der Waals surface area contributed by atoms with E-state index in [0.717, 1.165) is 19.4 Å². The standard InChI is InChI=1S/C10H12N2O/c13-7-12-10-9-4-2-1-3-8(9)5-6-11-10/h1-4,7,10-11H,5-6H2,(H,12,13). The SMILES string of the molecule is O=CNC1NCCc2ccccc21. The Balaban J connectivity index is 2.31. The Morgan fingerprint density at radius 2 is 2.31 bits per heavy atom. The number of fused-ring (bicyclic) bond motifs is 1. The molecule has 1 unspecified atom stereocenters. The van der Waals surface area contributed by atoms with E-state index in [9.17, 15) is 4.79 Å². The summed E-state index contributed by atoms with van der Waals surface area (Å²) in [6.45, 7) is 0.919. The fourth-order valence-electron chi connectivity index (χ4n) is 1.72. The third-order valence-corrected chi connectivity index (χ3v) is 2.34. The van der Waals surface area contributed by atoms with Crippen LogP contribution < -0.4 is 10.6 Å². The summed E-state index contributed by atoms with van der Waals surface area (Å²) in [7, 11) is 0. The number of rotatable bonds is 2. The molecule has 0 bridgehead atoms. The number of carbonyl (C=O) groups is 1. The Bertz CT molecular complexity index is 312. The predicted octanol–water partition coefficient (Wildman–Crippen LogP) is 0.577. The lowest BCUT2D eigenvalue weighted by Gasteiger charge is -2.25. The zero-order valence-electron chi connectivity index (χ0n) is 7.29. The molecule has 0 spiro atoms. The van der Waals surface area contributed by atoms with Gasteiger partial charge in [0.05, 0.1) is 0 Å². The molecule has 13 heavy (non-hydrogen) atoms. The molecule has 1 amide bonds. The molecule has 2 N–H and O–H groups in total. The van der Waals surface area contributed by atoms with Crippen LogP contribution >= 0.6 is 0 Å². The molecular weight excluding hydrogens is 164 g/mol. The van der Waals surface area contributed by atoms with Gasteiger partial charge in [-0.15, -0.1) is 0 Å². The summed E-state index contributed by atoms with van der Waals surface area (Å²) in [5, 5.41) is 5.98. The van der Waals surface area contributed by atoms with Gasteiger partial charge in [0, 0.05) is 6.54 Å². The largest absolute Gasteiger partial charge is 0.339 e. The summed E-state index contributed by atoms with van der Waals surface area (Å²) in [6.07, 6.45) is 1.76. The second-order valence-corrected chi connectivity index (χ2v) is 3.12. The zero-order chi connectivity index (χ0) is 9.10. The molecule has 0 saturated carbocycles. The van der Waals surface area contributed by atoms with Crippen LogP contribution in [0.4, 0.5) is 0 Å². The maximum Gasteiger partial charge on any atom is 0.208 e. The molecule has 1 aromatic rings. The van der Waals surface area contributed by atoms with Crippen LogP contribution in [0.15, 0.2) is 24.3 Å². The molecule has 3 heteroatoms. The number of hydrogen-bond donors (Lipinski definition) is 2. The minimum absolute atomic E-state index is 0.0116. The summed E-state index contributed by atoms with van der Waals surface area (Å²) in [5.74, 6) is 0. The summed E-state index contributed by atoms with van der Waals surface area (Å²) in [4.78, 5) is 10.3. The quantitative estimate of drug-likeness (QED) is 0.647. The normalized spacial score (nSPS) is 20.5. The molecule has 3 nitrogen and oxygen atoms in total. The number of nitrogens with one attached hydrogen (secondary N) is 2. The fraction of sp³-hybridized carbons (Fsp3) is 0.300. The molecule has 1 aliphatic heterocycles. The van der Waals surface area contributed by atoms with E-state index in [1.54, 1.807) is 0 Å². The van der Waals surface area contributed by atoms with E-state index in [4.69, 9.17) is 0 Å². The van der Waals surface area contributed by atoms with Crippen LogP contribution in [-0.2, 0) is 11.2 Å². The van der Waals surface area contributed by atoms with Gasteiger partial charge in [0.15, 0.2) is 0 Å². The van der Waals surface area contributed by atoms with Crippen molar-refractivity contribution in [2.24, 2.45) is 0 Å². The van der Waals surface area contributed by atoms with Gasteiger partial charge in [0.1, 0.15) is 6.17 Å². The van der Waals surface area contributed by atoms with Gasteiger partial charge in [-0.3, -0.25) is 10.1 Å². The van der Waals surface area contributed by atoms with E-state index < -0.39 is 0 Å². The van der Waals surface area contributed by atoms with Crippen LogP contribution in [0.1, 0.15) is 17.3 Å². The van der Waals surface area contributed by atoms with E-state index >= 15 is 0 Å². The van der Waals surface area contributed by atoms with Crippen LogP contribution in [0.3, 0.4) is 0 Å². The minimum atomic E-state index is -0.0116. The third kappa shape index (κ3) is 1.55. The molecule has 0 radical (unpaired) electrons. The molecule has 0 fully saturated rings. The number of amides is 1. The monoisotopic (exact) mass is 176 g/mol. The van der Waals surface area contributed by atoms with Gasteiger partial charge >= 0.3 is 0 Å². The highest BCUT2D eigenvalue weighted by atomic mass is 16.1. The van der Waals surface area contributed by atoms with E-state index in [0.29, 0.717) is 0 Å². The van der Waals surface area contributed by atoms with Gasteiger partial charge in [0.25, 0.3) is 0 Å². The summed E-state index contributed by atoms with van der Waals surface area (Å²) in [6, 6.07) is 8.17. The van der Waals surface area contributed by atoms with Gasteiger partial charge in [-0.05, 0) is 17.5 Å². The summed E-state index contributed by atoms with van der Waals surface area (Å²) in [5.41, 5.74) is 2.50. The van der Waals surface area contributed by atoms with E-state index in [2.05, 4.69) is 16.7 Å². The lowest BCUT2D eigenvalue weighted by atomic mass is 9.99. The average molecular weight is 176 g/mol. The van der Waals surface area contributed by atoms with Crippen LogP contribution in [0.5, 0.6) is 0 Å². The first kappa shape index (κ1) is 8.26. The topological polar surface area (TPSA) is 41.1 Å². The van der Waals surface area contributed by atoms with Crippen molar-refractivity contribution in [1.29, 1.82) is 0 Å². The second-order valence-electron chi connectivity index (χ2n) is 3.12. The maximum atomic E-state index is 10.3. The molecule has 1 atom stereocenters. The van der Waals surface area contributed by atoms with Crippen molar-refractivity contribution in [3.8, 4) is 0 Å². The van der Waals surface area contributed by atoms with Crippen molar-refractivity contribution in [3.63, 3.8) is 0 Å². The first-order valence-electron chi connectivity index (χ1n) is 4.42. The molecule has 0 aromatic heterocycles. The van der Waals surface area contributed by atoms with Crippen molar-refractivity contribution < 1.29 is 4.79 Å². The Labute approximate surface area is 77.1 Å². The number of hydrogen-bond acceptors (Lipinski definition) is 2. The first-order valence-corrected chi connectivity index (χ1v) is 4.42. The van der Waals surface area contributed by atoms with Crippen molar-refractivity contribution in [3.05, 3.63) is 35.4 Å². The van der Waals surface area contributed by atoms with Crippen LogP contribution in [0.2, 0.25) is 0 Å². The van der Waals surface area contributed by atoms with Crippen LogP contribution in [0.25, 0.3) is 0 Å². The Hall–Kier alpha value is -1.35. The first-order chi connectivity index (χ1) is 6.42. The number of carbonyl (C=O) groups excluding carboxylic acids is 1. The summed E-state index contributed by atoms with van der Waals surface area (Å²) < 4.78 is 0.